The fraction of sp³-hybridized carbons (Fsp3) is 0.130. The first kappa shape index (κ1) is 20.5. The maximum atomic E-state index is 12.5. The van der Waals surface area contributed by atoms with Crippen LogP contribution < -0.4 is 20.3 Å². The van der Waals surface area contributed by atoms with Gasteiger partial charge >= 0.3 is 0 Å². The summed E-state index contributed by atoms with van der Waals surface area (Å²) in [4.78, 5) is 36.8. The van der Waals surface area contributed by atoms with Crippen molar-refractivity contribution in [3.63, 3.8) is 0 Å². The van der Waals surface area contributed by atoms with Gasteiger partial charge in [-0.05, 0) is 49.2 Å². The molecule has 3 N–H and O–H groups in total. The zero-order chi connectivity index (χ0) is 22.8. The average molecular weight is 445 g/mol. The summed E-state index contributed by atoms with van der Waals surface area (Å²) in [6, 6.07) is 13.4. The molecule has 10 heteroatoms. The number of rotatable bonds is 7. The maximum Gasteiger partial charge on any atom is 0.268 e. The summed E-state index contributed by atoms with van der Waals surface area (Å²) in [6.45, 7) is 0. The number of benzene rings is 1. The zero-order valence-electron chi connectivity index (χ0n) is 17.3. The summed E-state index contributed by atoms with van der Waals surface area (Å²) >= 11 is 0. The number of anilines is 2. The largest absolute Gasteiger partial charge is 0.456 e. The van der Waals surface area contributed by atoms with E-state index < -0.39 is 5.91 Å². The Hall–Kier alpha value is -4.44. The fourth-order valence-corrected chi connectivity index (χ4v) is 3.27. The highest BCUT2D eigenvalue weighted by atomic mass is 17.1. The number of amides is 2. The van der Waals surface area contributed by atoms with E-state index in [-0.39, 0.29) is 23.3 Å². The smallest absolute Gasteiger partial charge is 0.268 e. The number of carbonyl (C=O) groups is 2. The summed E-state index contributed by atoms with van der Waals surface area (Å²) in [5.74, 6) is 0.954. The molecule has 1 aromatic carbocycles. The summed E-state index contributed by atoms with van der Waals surface area (Å²) in [5.41, 5.74) is 1.24. The van der Waals surface area contributed by atoms with Crippen LogP contribution in [0, 0.1) is 5.92 Å². The van der Waals surface area contributed by atoms with E-state index in [1.54, 1.807) is 59.3 Å². The second-order valence-corrected chi connectivity index (χ2v) is 7.55. The lowest BCUT2D eigenvalue weighted by Crippen LogP contribution is -2.13. The van der Waals surface area contributed by atoms with Crippen molar-refractivity contribution in [1.29, 1.82) is 0 Å². The number of hydrogen-bond donors (Lipinski definition) is 3. The van der Waals surface area contributed by atoms with Gasteiger partial charge in [-0.2, -0.15) is 0 Å². The van der Waals surface area contributed by atoms with Gasteiger partial charge in [0.1, 0.15) is 22.7 Å². The van der Waals surface area contributed by atoms with Crippen LogP contribution in [0.5, 0.6) is 17.4 Å². The van der Waals surface area contributed by atoms with Crippen molar-refractivity contribution in [1.82, 2.24) is 14.4 Å². The van der Waals surface area contributed by atoms with Gasteiger partial charge < -0.3 is 24.7 Å². The Morgan fingerprint density at radius 2 is 1.91 bits per heavy atom. The molecule has 1 aliphatic carbocycles. The molecule has 1 fully saturated rings. The van der Waals surface area contributed by atoms with Crippen molar-refractivity contribution in [3.05, 3.63) is 72.7 Å². The highest BCUT2D eigenvalue weighted by molar-refractivity contribution is 6.05. The minimum absolute atomic E-state index is 0.00213. The third kappa shape index (κ3) is 4.60. The van der Waals surface area contributed by atoms with Crippen LogP contribution in [0.15, 0.2) is 67.1 Å². The van der Waals surface area contributed by atoms with Crippen LogP contribution in [-0.2, 0) is 4.79 Å². The van der Waals surface area contributed by atoms with Crippen LogP contribution in [0.4, 0.5) is 11.5 Å². The number of hydrogen-bond acceptors (Lipinski definition) is 7. The van der Waals surface area contributed by atoms with Crippen molar-refractivity contribution >= 4 is 29.0 Å². The van der Waals surface area contributed by atoms with Gasteiger partial charge in [-0.25, -0.2) is 15.2 Å². The number of imidazole rings is 1. The number of aromatic nitrogens is 3. The van der Waals surface area contributed by atoms with Gasteiger partial charge in [0.15, 0.2) is 5.82 Å². The van der Waals surface area contributed by atoms with Crippen LogP contribution >= 0.6 is 0 Å². The lowest BCUT2D eigenvalue weighted by Gasteiger charge is -2.10. The van der Waals surface area contributed by atoms with Crippen molar-refractivity contribution < 1.29 is 24.5 Å². The van der Waals surface area contributed by atoms with Crippen LogP contribution in [0.1, 0.15) is 23.2 Å². The van der Waals surface area contributed by atoms with E-state index >= 15 is 0 Å². The van der Waals surface area contributed by atoms with E-state index in [9.17, 15) is 9.59 Å². The number of nitrogens with one attached hydrogen (secondary N) is 2. The monoisotopic (exact) mass is 445 g/mol. The van der Waals surface area contributed by atoms with E-state index in [0.29, 0.717) is 28.7 Å². The van der Waals surface area contributed by atoms with Gasteiger partial charge in [-0.3, -0.25) is 9.59 Å². The predicted octanol–water partition coefficient (Wildman–Crippen LogP) is 3.97. The Balaban J connectivity index is 1.29. The summed E-state index contributed by atoms with van der Waals surface area (Å²) in [5, 5.41) is 14.4. The van der Waals surface area contributed by atoms with Gasteiger partial charge in [-0.1, -0.05) is 6.07 Å². The molecule has 0 radical (unpaired) electrons. The van der Waals surface area contributed by atoms with Crippen molar-refractivity contribution in [2.45, 2.75) is 12.8 Å². The molecule has 0 unspecified atom stereocenters. The van der Waals surface area contributed by atoms with Gasteiger partial charge in [0.2, 0.25) is 5.91 Å². The van der Waals surface area contributed by atoms with Crippen molar-refractivity contribution in [2.24, 2.45) is 5.92 Å². The fourth-order valence-electron chi connectivity index (χ4n) is 3.27. The zero-order valence-corrected chi connectivity index (χ0v) is 17.3. The number of pyridine rings is 2. The van der Waals surface area contributed by atoms with Gasteiger partial charge in [0, 0.05) is 23.9 Å². The van der Waals surface area contributed by atoms with Crippen LogP contribution in [0.2, 0.25) is 0 Å². The first-order valence-corrected chi connectivity index (χ1v) is 10.2. The molecule has 0 saturated heterocycles. The molecule has 33 heavy (non-hydrogen) atoms. The lowest BCUT2D eigenvalue weighted by atomic mass is 10.2. The number of ether oxygens (including phenoxy) is 1. The molecule has 3 aromatic heterocycles. The van der Waals surface area contributed by atoms with E-state index in [0.717, 1.165) is 12.8 Å². The summed E-state index contributed by atoms with van der Waals surface area (Å²) in [7, 11) is 0. The molecular formula is C23H19N5O5. The molecule has 1 saturated carbocycles. The predicted molar refractivity (Wildman–Crippen MR) is 119 cm³/mol. The number of carbonyl (C=O) groups excluding carboxylic acids is 2. The lowest BCUT2D eigenvalue weighted by molar-refractivity contribution is -0.142. The minimum Gasteiger partial charge on any atom is -0.456 e. The Morgan fingerprint density at radius 3 is 2.73 bits per heavy atom. The molecule has 4 aromatic rings. The minimum atomic E-state index is -0.495. The molecule has 0 aliphatic heterocycles. The van der Waals surface area contributed by atoms with E-state index in [1.165, 1.54) is 12.3 Å². The third-order valence-corrected chi connectivity index (χ3v) is 5.05. The van der Waals surface area contributed by atoms with E-state index in [4.69, 9.17) is 9.99 Å². The molecule has 5 rings (SSSR count). The molecule has 166 valence electrons. The standard InChI is InChI=1S/C23H19N5O5/c29-21(14-6-7-14)27-19-13-28-12-17(8-9-20(28)26-19)32-16-4-1-3-15(11-16)25-22(30)18-5-2-10-24-23(18)33-31/h1-5,8-14,31H,6-7H2,(H,25,30)(H,27,29). The normalized spacial score (nSPS) is 12.9. The second kappa shape index (κ2) is 8.60. The van der Waals surface area contributed by atoms with Crippen LogP contribution in [-0.4, -0.2) is 31.4 Å². The average Bonchev–Trinajstić information content (AvgIpc) is 3.60. The van der Waals surface area contributed by atoms with E-state index in [1.807, 2.05) is 0 Å². The quantitative estimate of drug-likeness (QED) is 0.290. The molecule has 0 atom stereocenters. The summed E-state index contributed by atoms with van der Waals surface area (Å²) in [6.07, 6.45) is 6.73. The maximum absolute atomic E-state index is 12.5. The molecule has 3 heterocycles. The topological polar surface area (TPSA) is 127 Å². The van der Waals surface area contributed by atoms with Crippen LogP contribution in [0.3, 0.4) is 0 Å². The highest BCUT2D eigenvalue weighted by Crippen LogP contribution is 2.30. The van der Waals surface area contributed by atoms with Crippen molar-refractivity contribution in [2.75, 3.05) is 10.6 Å². The SMILES string of the molecule is O=C(Nc1cccc(Oc2ccc3nc(NC(=O)C4CC4)cn3c2)c1)c1cccnc1OO. The molecular weight excluding hydrogens is 426 g/mol. The Labute approximate surface area is 187 Å². The molecule has 0 bridgehead atoms. The van der Waals surface area contributed by atoms with Crippen molar-refractivity contribution in [3.8, 4) is 17.4 Å². The summed E-state index contributed by atoms with van der Waals surface area (Å²) < 4.78 is 7.70. The molecule has 1 aliphatic rings. The number of nitrogens with zero attached hydrogens (tertiary/aromatic N) is 3. The molecule has 0 spiro atoms. The third-order valence-electron chi connectivity index (χ3n) is 5.05. The first-order valence-electron chi connectivity index (χ1n) is 10.2. The first-order chi connectivity index (χ1) is 16.1. The van der Waals surface area contributed by atoms with Gasteiger partial charge in [-0.15, -0.1) is 0 Å². The highest BCUT2D eigenvalue weighted by Gasteiger charge is 2.30. The second-order valence-electron chi connectivity index (χ2n) is 7.55. The number of fused-ring (bicyclic) bond motifs is 1. The Morgan fingerprint density at radius 1 is 1.03 bits per heavy atom. The Kier molecular flexibility index (Phi) is 5.33. The van der Waals surface area contributed by atoms with Gasteiger partial charge in [0.05, 0.1) is 12.4 Å². The Bertz CT molecular complexity index is 1350. The van der Waals surface area contributed by atoms with E-state index in [2.05, 4.69) is 25.5 Å². The van der Waals surface area contributed by atoms with Crippen LogP contribution in [0.25, 0.3) is 5.65 Å². The molecule has 2 amide bonds. The molecule has 10 nitrogen and oxygen atoms in total. The van der Waals surface area contributed by atoms with Gasteiger partial charge in [0.25, 0.3) is 11.8 Å².